The third-order valence-corrected chi connectivity index (χ3v) is 2.79. The van der Waals surface area contributed by atoms with Crippen molar-refractivity contribution in [3.05, 3.63) is 72.7 Å². The molecule has 1 heterocycles. The molecule has 2 aromatic carbocycles. The fraction of sp³-hybridized carbons (Fsp3) is 0. The van der Waals surface area contributed by atoms with Crippen molar-refractivity contribution >= 4 is 0 Å². The van der Waals surface area contributed by atoms with Gasteiger partial charge in [-0.05, 0) is 18.2 Å². The number of halogens is 1. The summed E-state index contributed by atoms with van der Waals surface area (Å²) in [5.41, 5.74) is 2.35. The molecule has 3 rings (SSSR count). The Balaban J connectivity index is 2.16. The minimum atomic E-state index is -0.279. The highest BCUT2D eigenvalue weighted by molar-refractivity contribution is 5.61. The Bertz CT molecular complexity index is 659. The van der Waals surface area contributed by atoms with Crippen LogP contribution in [0.4, 0.5) is 4.39 Å². The van der Waals surface area contributed by atoms with Crippen LogP contribution < -0.4 is 0 Å². The van der Waals surface area contributed by atoms with Crippen molar-refractivity contribution in [1.29, 1.82) is 0 Å². The Morgan fingerprint density at radius 3 is 2.33 bits per heavy atom. The smallest absolute Gasteiger partial charge is 0.148 e. The van der Waals surface area contributed by atoms with E-state index in [-0.39, 0.29) is 5.82 Å². The molecule has 0 saturated heterocycles. The maximum atomic E-state index is 13.8. The number of hydrogen-bond acceptors (Lipinski definition) is 1. The van der Waals surface area contributed by atoms with Gasteiger partial charge in [0.1, 0.15) is 11.5 Å². The number of hydrogen-bond donors (Lipinski definition) is 0. The molecule has 0 saturated carbocycles. The second-order valence-electron chi connectivity index (χ2n) is 3.95. The van der Waals surface area contributed by atoms with Gasteiger partial charge in [0.05, 0.1) is 11.9 Å². The fourth-order valence-electron chi connectivity index (χ4n) is 1.95. The first-order chi connectivity index (χ1) is 8.86. The van der Waals surface area contributed by atoms with E-state index in [1.54, 1.807) is 29.1 Å². The number of para-hydroxylation sites is 1. The molecule has 18 heavy (non-hydrogen) atoms. The summed E-state index contributed by atoms with van der Waals surface area (Å²) in [7, 11) is 0. The lowest BCUT2D eigenvalue weighted by Crippen LogP contribution is -2.01. The van der Waals surface area contributed by atoms with Gasteiger partial charge in [-0.2, -0.15) is 5.10 Å². The Hall–Kier alpha value is -2.42. The summed E-state index contributed by atoms with van der Waals surface area (Å²) in [4.78, 5) is 0. The summed E-state index contributed by atoms with van der Waals surface area (Å²) in [6, 6.07) is 18.3. The highest BCUT2D eigenvalue weighted by atomic mass is 19.1. The summed E-state index contributed by atoms with van der Waals surface area (Å²) in [6.07, 6.45) is 1.68. The lowest BCUT2D eigenvalue weighted by Gasteiger charge is -2.08. The molecular weight excluding hydrogens is 227 g/mol. The second-order valence-corrected chi connectivity index (χ2v) is 3.95. The van der Waals surface area contributed by atoms with Gasteiger partial charge in [0.2, 0.25) is 0 Å². The predicted molar refractivity (Wildman–Crippen MR) is 69.0 cm³/mol. The van der Waals surface area contributed by atoms with Crippen LogP contribution in [0.15, 0.2) is 66.9 Å². The number of rotatable bonds is 2. The minimum Gasteiger partial charge on any atom is -0.230 e. The maximum absolute atomic E-state index is 13.8. The van der Waals surface area contributed by atoms with Gasteiger partial charge in [-0.25, -0.2) is 9.07 Å². The average molecular weight is 238 g/mol. The van der Waals surface area contributed by atoms with Crippen LogP contribution in [0.5, 0.6) is 0 Å². The molecule has 3 aromatic rings. The average Bonchev–Trinajstić information content (AvgIpc) is 2.89. The van der Waals surface area contributed by atoms with Gasteiger partial charge in [0, 0.05) is 5.56 Å². The van der Waals surface area contributed by atoms with Crippen LogP contribution in [-0.2, 0) is 0 Å². The van der Waals surface area contributed by atoms with Crippen LogP contribution in [0, 0.1) is 5.82 Å². The molecule has 0 aliphatic rings. The van der Waals surface area contributed by atoms with Crippen molar-refractivity contribution in [1.82, 2.24) is 9.78 Å². The van der Waals surface area contributed by atoms with E-state index in [0.717, 1.165) is 11.3 Å². The normalized spacial score (nSPS) is 10.5. The maximum Gasteiger partial charge on any atom is 0.148 e. The van der Waals surface area contributed by atoms with E-state index in [0.29, 0.717) is 5.69 Å². The predicted octanol–water partition coefficient (Wildman–Crippen LogP) is 3.68. The Kier molecular flexibility index (Phi) is 2.65. The molecule has 0 fully saturated rings. The Morgan fingerprint density at radius 2 is 1.56 bits per heavy atom. The summed E-state index contributed by atoms with van der Waals surface area (Å²) in [5.74, 6) is -0.279. The number of nitrogens with zero attached hydrogens (tertiary/aromatic N) is 2. The van der Waals surface area contributed by atoms with Crippen LogP contribution in [0.2, 0.25) is 0 Å². The molecule has 1 aromatic heterocycles. The Morgan fingerprint density at radius 1 is 0.833 bits per heavy atom. The van der Waals surface area contributed by atoms with Crippen molar-refractivity contribution in [3.8, 4) is 16.9 Å². The third-order valence-electron chi connectivity index (χ3n) is 2.79. The molecule has 0 unspecified atom stereocenters. The highest BCUT2D eigenvalue weighted by Crippen LogP contribution is 2.23. The zero-order valence-electron chi connectivity index (χ0n) is 9.62. The van der Waals surface area contributed by atoms with Crippen LogP contribution in [-0.4, -0.2) is 9.78 Å². The van der Waals surface area contributed by atoms with E-state index in [2.05, 4.69) is 5.10 Å². The summed E-state index contributed by atoms with van der Waals surface area (Å²) >= 11 is 0. The van der Waals surface area contributed by atoms with Crippen LogP contribution >= 0.6 is 0 Å². The van der Waals surface area contributed by atoms with Crippen LogP contribution in [0.25, 0.3) is 16.9 Å². The molecule has 0 radical (unpaired) electrons. The lowest BCUT2D eigenvalue weighted by molar-refractivity contribution is 0.611. The molecule has 0 amide bonds. The van der Waals surface area contributed by atoms with Crippen molar-refractivity contribution in [2.75, 3.05) is 0 Å². The molecule has 3 heteroatoms. The van der Waals surface area contributed by atoms with E-state index < -0.39 is 0 Å². The standard InChI is InChI=1S/C15H11FN2/c16-13-8-4-5-9-15(13)18-14(10-11-17-18)12-6-2-1-3-7-12/h1-11H. The van der Waals surface area contributed by atoms with Crippen LogP contribution in [0.3, 0.4) is 0 Å². The van der Waals surface area contributed by atoms with Crippen molar-refractivity contribution in [2.45, 2.75) is 0 Å². The molecule has 0 spiro atoms. The molecule has 0 atom stereocenters. The van der Waals surface area contributed by atoms with Gasteiger partial charge in [-0.1, -0.05) is 42.5 Å². The van der Waals surface area contributed by atoms with Crippen LogP contribution in [0.1, 0.15) is 0 Å². The molecule has 88 valence electrons. The first-order valence-corrected chi connectivity index (χ1v) is 5.70. The summed E-state index contributed by atoms with van der Waals surface area (Å²) in [6.45, 7) is 0. The monoisotopic (exact) mass is 238 g/mol. The number of aromatic nitrogens is 2. The fourth-order valence-corrected chi connectivity index (χ4v) is 1.95. The molecule has 0 aliphatic heterocycles. The third kappa shape index (κ3) is 1.80. The first kappa shape index (κ1) is 10.7. The SMILES string of the molecule is Fc1ccccc1-n1nccc1-c1ccccc1. The number of benzene rings is 2. The van der Waals surface area contributed by atoms with E-state index >= 15 is 0 Å². The van der Waals surface area contributed by atoms with Gasteiger partial charge in [0.15, 0.2) is 0 Å². The van der Waals surface area contributed by atoms with Gasteiger partial charge >= 0.3 is 0 Å². The Labute approximate surface area is 104 Å². The largest absolute Gasteiger partial charge is 0.230 e. The molecule has 0 bridgehead atoms. The van der Waals surface area contributed by atoms with Gasteiger partial charge in [-0.3, -0.25) is 0 Å². The van der Waals surface area contributed by atoms with Crippen molar-refractivity contribution < 1.29 is 4.39 Å². The molecule has 2 nitrogen and oxygen atoms in total. The van der Waals surface area contributed by atoms with E-state index in [1.165, 1.54) is 6.07 Å². The van der Waals surface area contributed by atoms with E-state index in [1.807, 2.05) is 36.4 Å². The zero-order chi connectivity index (χ0) is 12.4. The summed E-state index contributed by atoms with van der Waals surface area (Å²) in [5, 5.41) is 4.20. The molecule has 0 N–H and O–H groups in total. The van der Waals surface area contributed by atoms with E-state index in [4.69, 9.17) is 0 Å². The van der Waals surface area contributed by atoms with Crippen molar-refractivity contribution in [2.24, 2.45) is 0 Å². The minimum absolute atomic E-state index is 0.279. The topological polar surface area (TPSA) is 17.8 Å². The summed E-state index contributed by atoms with van der Waals surface area (Å²) < 4.78 is 15.4. The quantitative estimate of drug-likeness (QED) is 0.666. The van der Waals surface area contributed by atoms with Gasteiger partial charge < -0.3 is 0 Å². The second kappa shape index (κ2) is 4.45. The zero-order valence-corrected chi connectivity index (χ0v) is 9.62. The van der Waals surface area contributed by atoms with Crippen molar-refractivity contribution in [3.63, 3.8) is 0 Å². The highest BCUT2D eigenvalue weighted by Gasteiger charge is 2.09. The molecule has 0 aliphatic carbocycles. The van der Waals surface area contributed by atoms with Gasteiger partial charge in [0.25, 0.3) is 0 Å². The lowest BCUT2D eigenvalue weighted by atomic mass is 10.1. The van der Waals surface area contributed by atoms with E-state index in [9.17, 15) is 4.39 Å². The molecular formula is C15H11FN2. The first-order valence-electron chi connectivity index (χ1n) is 5.70. The van der Waals surface area contributed by atoms with Gasteiger partial charge in [-0.15, -0.1) is 0 Å².